The number of methoxy groups -OCH3 is 2. The van der Waals surface area contributed by atoms with Gasteiger partial charge in [0, 0.05) is 19.5 Å². The monoisotopic (exact) mass is 313 g/mol. The van der Waals surface area contributed by atoms with Crippen LogP contribution in [0, 0.1) is 5.92 Å². The first kappa shape index (κ1) is 15.9. The smallest absolute Gasteiger partial charge is 0.303 e. The summed E-state index contributed by atoms with van der Waals surface area (Å²) in [6.45, 7) is 2.37. The zero-order valence-corrected chi connectivity index (χ0v) is 13.0. The first-order valence-corrected chi connectivity index (χ1v) is 7.26. The van der Waals surface area contributed by atoms with Crippen molar-refractivity contribution in [2.45, 2.75) is 19.4 Å². The highest BCUT2D eigenvalue weighted by Crippen LogP contribution is 2.38. The standard InChI is InChI=1S/C15H20ClNO4/c1-20-12-4-3-11(14(16)15(12)21-2)9-17-6-5-10(8-17)7-13(18)19/h3-4,10H,5-9H2,1-2H3,(H,18,19). The lowest BCUT2D eigenvalue weighted by atomic mass is 10.1. The number of benzene rings is 1. The molecule has 1 N–H and O–H groups in total. The molecule has 116 valence electrons. The van der Waals surface area contributed by atoms with Gasteiger partial charge in [0.25, 0.3) is 0 Å². The minimum atomic E-state index is -0.731. The van der Waals surface area contributed by atoms with Gasteiger partial charge in [0.05, 0.1) is 19.2 Å². The number of likely N-dealkylation sites (tertiary alicyclic amines) is 1. The Morgan fingerprint density at radius 2 is 2.19 bits per heavy atom. The normalized spacial score (nSPS) is 18.7. The van der Waals surface area contributed by atoms with Gasteiger partial charge in [-0.05, 0) is 30.5 Å². The van der Waals surface area contributed by atoms with Crippen LogP contribution in [0.3, 0.4) is 0 Å². The van der Waals surface area contributed by atoms with E-state index in [4.69, 9.17) is 26.2 Å². The summed E-state index contributed by atoms with van der Waals surface area (Å²) in [5.74, 6) is 0.641. The number of hydrogen-bond donors (Lipinski definition) is 1. The number of nitrogens with zero attached hydrogens (tertiary/aromatic N) is 1. The summed E-state index contributed by atoms with van der Waals surface area (Å²) >= 11 is 6.37. The largest absolute Gasteiger partial charge is 0.493 e. The maximum absolute atomic E-state index is 10.8. The van der Waals surface area contributed by atoms with Gasteiger partial charge < -0.3 is 14.6 Å². The molecular formula is C15H20ClNO4. The van der Waals surface area contributed by atoms with Crippen molar-refractivity contribution in [3.63, 3.8) is 0 Å². The Labute approximate surface area is 129 Å². The fourth-order valence-corrected chi connectivity index (χ4v) is 3.06. The van der Waals surface area contributed by atoms with Gasteiger partial charge in [-0.15, -0.1) is 0 Å². The topological polar surface area (TPSA) is 59.0 Å². The fourth-order valence-electron chi connectivity index (χ4n) is 2.76. The third-order valence-corrected chi connectivity index (χ3v) is 4.21. The van der Waals surface area contributed by atoms with Crippen LogP contribution in [0.2, 0.25) is 5.02 Å². The quantitative estimate of drug-likeness (QED) is 0.875. The van der Waals surface area contributed by atoms with Gasteiger partial charge in [0.15, 0.2) is 11.5 Å². The number of carbonyl (C=O) groups is 1. The lowest BCUT2D eigenvalue weighted by Gasteiger charge is -2.18. The molecule has 6 heteroatoms. The Morgan fingerprint density at radius 3 is 2.81 bits per heavy atom. The molecule has 5 nitrogen and oxygen atoms in total. The van der Waals surface area contributed by atoms with Crippen molar-refractivity contribution >= 4 is 17.6 Å². The van der Waals surface area contributed by atoms with Gasteiger partial charge >= 0.3 is 5.97 Å². The summed E-state index contributed by atoms with van der Waals surface area (Å²) < 4.78 is 10.5. The second-order valence-electron chi connectivity index (χ2n) is 5.26. The average molecular weight is 314 g/mol. The van der Waals surface area contributed by atoms with E-state index in [0.717, 1.165) is 25.1 Å². The Morgan fingerprint density at radius 1 is 1.43 bits per heavy atom. The fraction of sp³-hybridized carbons (Fsp3) is 0.533. The first-order chi connectivity index (χ1) is 10.0. The summed E-state index contributed by atoms with van der Waals surface area (Å²) in [5, 5.41) is 9.40. The van der Waals surface area contributed by atoms with Crippen molar-refractivity contribution in [2.75, 3.05) is 27.3 Å². The molecule has 1 aliphatic heterocycles. The molecule has 0 bridgehead atoms. The highest BCUT2D eigenvalue weighted by Gasteiger charge is 2.25. The van der Waals surface area contributed by atoms with Crippen molar-refractivity contribution in [1.82, 2.24) is 4.90 Å². The lowest BCUT2D eigenvalue weighted by Crippen LogP contribution is -2.21. The number of rotatable bonds is 6. The molecule has 21 heavy (non-hydrogen) atoms. The van der Waals surface area contributed by atoms with E-state index >= 15 is 0 Å². The van der Waals surface area contributed by atoms with E-state index in [1.807, 2.05) is 12.1 Å². The van der Waals surface area contributed by atoms with Crippen LogP contribution >= 0.6 is 11.6 Å². The highest BCUT2D eigenvalue weighted by atomic mass is 35.5. The highest BCUT2D eigenvalue weighted by molar-refractivity contribution is 6.33. The molecule has 0 amide bonds. The molecule has 1 atom stereocenters. The van der Waals surface area contributed by atoms with Gasteiger partial charge in [-0.25, -0.2) is 0 Å². The molecule has 0 aromatic heterocycles. The van der Waals surface area contributed by atoms with E-state index in [2.05, 4.69) is 4.90 Å². The minimum Gasteiger partial charge on any atom is -0.493 e. The van der Waals surface area contributed by atoms with Crippen molar-refractivity contribution in [2.24, 2.45) is 5.92 Å². The summed E-state index contributed by atoms with van der Waals surface area (Å²) in [6, 6.07) is 3.76. The number of ether oxygens (including phenoxy) is 2. The predicted octanol–water partition coefficient (Wildman–Crippen LogP) is 2.65. The van der Waals surface area contributed by atoms with Crippen LogP contribution in [0.15, 0.2) is 12.1 Å². The van der Waals surface area contributed by atoms with Crippen LogP contribution in [0.4, 0.5) is 0 Å². The summed E-state index contributed by atoms with van der Waals surface area (Å²) in [6.07, 6.45) is 1.15. The first-order valence-electron chi connectivity index (χ1n) is 6.88. The zero-order valence-electron chi connectivity index (χ0n) is 12.3. The van der Waals surface area contributed by atoms with E-state index in [1.165, 1.54) is 0 Å². The van der Waals surface area contributed by atoms with Gasteiger partial charge in [0.2, 0.25) is 0 Å². The second kappa shape index (κ2) is 7.00. The Bertz CT molecular complexity index is 521. The molecular weight excluding hydrogens is 294 g/mol. The van der Waals surface area contributed by atoms with E-state index in [-0.39, 0.29) is 12.3 Å². The van der Waals surface area contributed by atoms with Crippen molar-refractivity contribution < 1.29 is 19.4 Å². The summed E-state index contributed by atoms with van der Waals surface area (Å²) in [4.78, 5) is 13.0. The molecule has 0 spiro atoms. The Hall–Kier alpha value is -1.46. The van der Waals surface area contributed by atoms with Crippen molar-refractivity contribution in [1.29, 1.82) is 0 Å². The summed E-state index contributed by atoms with van der Waals surface area (Å²) in [7, 11) is 3.14. The molecule has 1 fully saturated rings. The van der Waals surface area contributed by atoms with Crippen LogP contribution in [0.25, 0.3) is 0 Å². The van der Waals surface area contributed by atoms with Gasteiger partial charge in [-0.1, -0.05) is 17.7 Å². The zero-order chi connectivity index (χ0) is 15.4. The third kappa shape index (κ3) is 3.80. The van der Waals surface area contributed by atoms with Crippen LogP contribution < -0.4 is 9.47 Å². The number of carboxylic acids is 1. The van der Waals surface area contributed by atoms with Gasteiger partial charge in [-0.3, -0.25) is 9.69 Å². The number of hydrogen-bond acceptors (Lipinski definition) is 4. The number of aliphatic carboxylic acids is 1. The molecule has 1 aliphatic rings. The van der Waals surface area contributed by atoms with E-state index in [9.17, 15) is 4.79 Å². The van der Waals surface area contributed by atoms with Crippen LogP contribution in [0.5, 0.6) is 11.5 Å². The Kier molecular flexibility index (Phi) is 5.31. The molecule has 1 heterocycles. The molecule has 0 aliphatic carbocycles. The predicted molar refractivity (Wildman–Crippen MR) is 80.2 cm³/mol. The van der Waals surface area contributed by atoms with Crippen molar-refractivity contribution in [3.8, 4) is 11.5 Å². The average Bonchev–Trinajstić information content (AvgIpc) is 2.87. The number of halogens is 1. The van der Waals surface area contributed by atoms with Crippen molar-refractivity contribution in [3.05, 3.63) is 22.7 Å². The maximum Gasteiger partial charge on any atom is 0.303 e. The summed E-state index contributed by atoms with van der Waals surface area (Å²) in [5.41, 5.74) is 0.963. The molecule has 2 rings (SSSR count). The molecule has 0 radical (unpaired) electrons. The van der Waals surface area contributed by atoms with Crippen LogP contribution in [-0.2, 0) is 11.3 Å². The molecule has 1 aromatic carbocycles. The van der Waals surface area contributed by atoms with Crippen LogP contribution in [-0.4, -0.2) is 43.3 Å². The maximum atomic E-state index is 10.8. The molecule has 1 saturated heterocycles. The SMILES string of the molecule is COc1ccc(CN2CCC(CC(=O)O)C2)c(Cl)c1OC. The minimum absolute atomic E-state index is 0.224. The van der Waals surface area contributed by atoms with E-state index < -0.39 is 5.97 Å². The van der Waals surface area contributed by atoms with Gasteiger partial charge in [0.1, 0.15) is 0 Å². The van der Waals surface area contributed by atoms with E-state index in [0.29, 0.717) is 23.1 Å². The number of carboxylic acid groups (broad SMARTS) is 1. The molecule has 1 unspecified atom stereocenters. The van der Waals surface area contributed by atoms with Gasteiger partial charge in [-0.2, -0.15) is 0 Å². The lowest BCUT2D eigenvalue weighted by molar-refractivity contribution is -0.138. The second-order valence-corrected chi connectivity index (χ2v) is 5.64. The Balaban J connectivity index is 2.05. The molecule has 1 aromatic rings. The molecule has 0 saturated carbocycles. The third-order valence-electron chi connectivity index (χ3n) is 3.79. The van der Waals surface area contributed by atoms with E-state index in [1.54, 1.807) is 14.2 Å². The van der Waals surface area contributed by atoms with Crippen LogP contribution in [0.1, 0.15) is 18.4 Å².